The lowest BCUT2D eigenvalue weighted by atomic mass is 9.53. The van der Waals surface area contributed by atoms with E-state index in [9.17, 15) is 22.4 Å². The number of Topliss-reactive ketones (excluding diaryl/α,β-unsaturated/α-hetero) is 1. The van der Waals surface area contributed by atoms with Crippen molar-refractivity contribution in [1.82, 2.24) is 0 Å². The summed E-state index contributed by atoms with van der Waals surface area (Å²) in [6.07, 6.45) is 0. The first kappa shape index (κ1) is 28.7. The Bertz CT molecular complexity index is 1470. The molecule has 2 N–H and O–H groups in total. The van der Waals surface area contributed by atoms with Crippen molar-refractivity contribution in [1.29, 1.82) is 0 Å². The van der Waals surface area contributed by atoms with E-state index in [1.54, 1.807) is 0 Å². The smallest absolute Gasteiger partial charge is 0.340 e. The first-order chi connectivity index (χ1) is 16.9. The lowest BCUT2D eigenvalue weighted by Gasteiger charge is -2.33. The highest BCUT2D eigenvalue weighted by Crippen LogP contribution is 2.38. The van der Waals surface area contributed by atoms with E-state index in [-0.39, 0.29) is 22.0 Å². The third-order valence-corrected chi connectivity index (χ3v) is 6.96. The highest BCUT2D eigenvalue weighted by atomic mass is 32.2. The van der Waals surface area contributed by atoms with Gasteiger partial charge >= 0.3 is 16.1 Å². The zero-order chi connectivity index (χ0) is 28.2. The molecule has 1 aliphatic heterocycles. The summed E-state index contributed by atoms with van der Waals surface area (Å²) in [6.45, 7) is 0. The first-order valence-electron chi connectivity index (χ1n) is 9.86. The lowest BCUT2D eigenvalue weighted by molar-refractivity contribution is -0.126. The molecular weight excluding hydrogens is 492 g/mol. The third kappa shape index (κ3) is 4.43. The van der Waals surface area contributed by atoms with Crippen LogP contribution in [0.5, 0.6) is 0 Å². The molecule has 0 saturated carbocycles. The molecule has 16 radical (unpaired) electrons. The average Bonchev–Trinajstić information content (AvgIpc) is 3.04. The molecule has 0 bridgehead atoms. The van der Waals surface area contributed by atoms with Crippen molar-refractivity contribution in [3.63, 3.8) is 0 Å². The maximum atomic E-state index is 14.4. The first-order valence-corrected chi connectivity index (χ1v) is 11.3. The molecule has 0 unspecified atom stereocenters. The molecule has 0 amide bonds. The molecule has 8 nitrogen and oxygen atoms in total. The molecule has 2 aromatic carbocycles. The summed E-state index contributed by atoms with van der Waals surface area (Å²) in [6, 6.07) is 2.70. The van der Waals surface area contributed by atoms with Crippen LogP contribution >= 0.6 is 0 Å². The predicted octanol–water partition coefficient (Wildman–Crippen LogP) is -5.88. The summed E-state index contributed by atoms with van der Waals surface area (Å²) in [5.74, 6) is -5.56. The number of carbonyl (C=O) groups is 2. The zero-order valence-corrected chi connectivity index (χ0v) is 19.9. The van der Waals surface area contributed by atoms with Gasteiger partial charge in [0.1, 0.15) is 52.9 Å². The minimum Gasteiger partial charge on any atom is -0.467 e. The number of hydrogen-bond acceptors (Lipinski definition) is 8. The van der Waals surface area contributed by atoms with Gasteiger partial charge in [-0.1, -0.05) is 11.6 Å². The largest absolute Gasteiger partial charge is 0.467 e. The highest BCUT2D eigenvalue weighted by molar-refractivity contribution is 7.90. The summed E-state index contributed by atoms with van der Waals surface area (Å²) in [7, 11) is 42.2. The SMILES string of the molecule is [B]c1c([B])c([B])c(C([B])([B])S(=O)(=O)OC2=C(N)O[C@]([B])(c3ccc(C(=O)OC)c(F)c3)C2=O)c([B])c1[B]. The monoisotopic (exact) mass is 501 g/mol. The van der Waals surface area contributed by atoms with Gasteiger partial charge in [0.15, 0.2) is 5.50 Å². The lowest BCUT2D eigenvalue weighted by Crippen LogP contribution is -2.60. The van der Waals surface area contributed by atoms with Crippen molar-refractivity contribution in [3.8, 4) is 0 Å². The minimum atomic E-state index is -5.30. The van der Waals surface area contributed by atoms with Gasteiger partial charge in [0, 0.05) is 0 Å². The standard InChI is InChI=1S/C19H8B8FNO7S/c1-34-17(31)6-3-2-5(4-7(6)28)18(25)15(30)14(16(29)35-18)36-37(32,33)19(26,27)8-9(20)11(22)13(24)12(23)10(8)21/h2-4H,29H2,1H3/t18-/m1/s1. The summed E-state index contributed by atoms with van der Waals surface area (Å²) in [5.41, 5.74) is -0.461. The second-order valence-electron chi connectivity index (χ2n) is 7.82. The van der Waals surface area contributed by atoms with E-state index in [2.05, 4.69) is 4.74 Å². The van der Waals surface area contributed by atoms with Gasteiger partial charge in [-0.25, -0.2) is 9.18 Å². The van der Waals surface area contributed by atoms with Crippen molar-refractivity contribution in [3.05, 3.63) is 52.3 Å². The number of hydrogen-bond donors (Lipinski definition) is 1. The van der Waals surface area contributed by atoms with Crippen molar-refractivity contribution < 1.29 is 36.1 Å². The molecule has 37 heavy (non-hydrogen) atoms. The average molecular weight is 500 g/mol. The van der Waals surface area contributed by atoms with Crippen LogP contribution in [0.4, 0.5) is 4.39 Å². The number of carbonyl (C=O) groups excluding carboxylic acids is 2. The molecule has 0 saturated heterocycles. The fourth-order valence-electron chi connectivity index (χ4n) is 3.41. The molecule has 168 valence electrons. The Hall–Kier alpha value is -2.88. The summed E-state index contributed by atoms with van der Waals surface area (Å²) in [5, 5.41) is 0. The topological polar surface area (TPSA) is 122 Å². The van der Waals surface area contributed by atoms with Crippen LogP contribution in [0.15, 0.2) is 29.8 Å². The summed E-state index contributed by atoms with van der Waals surface area (Å²) in [4.78, 5) is 24.7. The number of esters is 1. The maximum Gasteiger partial charge on any atom is 0.340 e. The molecule has 0 aromatic heterocycles. The highest BCUT2D eigenvalue weighted by Gasteiger charge is 2.51. The van der Waals surface area contributed by atoms with Crippen molar-refractivity contribution in [2.24, 2.45) is 5.73 Å². The minimum absolute atomic E-state index is 0.252. The van der Waals surface area contributed by atoms with Gasteiger partial charge in [-0.15, -0.1) is 27.3 Å². The molecule has 18 heteroatoms. The molecule has 1 heterocycles. The van der Waals surface area contributed by atoms with E-state index in [1.807, 2.05) is 0 Å². The molecule has 0 fully saturated rings. The van der Waals surface area contributed by atoms with Gasteiger partial charge in [0.05, 0.1) is 32.9 Å². The Balaban J connectivity index is 2.02. The number of nitrogens with two attached hydrogens (primary N) is 1. The van der Waals surface area contributed by atoms with Crippen LogP contribution in [0.25, 0.3) is 0 Å². The second kappa shape index (κ2) is 9.45. The number of benzene rings is 2. The Morgan fingerprint density at radius 1 is 1.05 bits per heavy atom. The van der Waals surface area contributed by atoms with Crippen LogP contribution in [0.1, 0.15) is 21.5 Å². The van der Waals surface area contributed by atoms with Crippen LogP contribution in [0.3, 0.4) is 0 Å². The quantitative estimate of drug-likeness (QED) is 0.237. The van der Waals surface area contributed by atoms with Crippen LogP contribution in [0, 0.1) is 5.82 Å². The van der Waals surface area contributed by atoms with Gasteiger partial charge in [0.25, 0.3) is 0 Å². The predicted molar refractivity (Wildman–Crippen MR) is 139 cm³/mol. The van der Waals surface area contributed by atoms with E-state index >= 15 is 0 Å². The zero-order valence-electron chi connectivity index (χ0n) is 19.1. The summed E-state index contributed by atoms with van der Waals surface area (Å²) >= 11 is 0. The van der Waals surface area contributed by atoms with Crippen molar-refractivity contribution in [2.75, 3.05) is 7.11 Å². The van der Waals surface area contributed by atoms with Crippen LogP contribution < -0.4 is 33.0 Å². The van der Waals surface area contributed by atoms with Crippen molar-refractivity contribution in [2.45, 2.75) is 10.0 Å². The van der Waals surface area contributed by atoms with Gasteiger partial charge in [0.2, 0.25) is 17.4 Å². The number of halogens is 1. The van der Waals surface area contributed by atoms with Crippen molar-refractivity contribution >= 4 is 112 Å². The van der Waals surface area contributed by atoms with Crippen LogP contribution in [-0.4, -0.2) is 90.1 Å². The van der Waals surface area contributed by atoms with E-state index in [0.29, 0.717) is 6.07 Å². The Labute approximate surface area is 223 Å². The fourth-order valence-corrected chi connectivity index (χ4v) is 4.40. The molecule has 1 atom stereocenters. The summed E-state index contributed by atoms with van der Waals surface area (Å²) < 4.78 is 52.0. The Morgan fingerprint density at radius 2 is 1.57 bits per heavy atom. The van der Waals surface area contributed by atoms with E-state index in [4.69, 9.17) is 77.4 Å². The normalized spacial score (nSPS) is 17.9. The number of rotatable bonds is 6. The number of ketones is 1. The van der Waals surface area contributed by atoms with Gasteiger partial charge in [-0.3, -0.25) is 4.79 Å². The van der Waals surface area contributed by atoms with Gasteiger partial charge in [-0.2, -0.15) is 8.42 Å². The molecule has 0 aliphatic carbocycles. The molecule has 1 aliphatic rings. The maximum absolute atomic E-state index is 14.4. The second-order valence-corrected chi connectivity index (χ2v) is 9.57. The Kier molecular flexibility index (Phi) is 7.33. The Morgan fingerprint density at radius 3 is 2.05 bits per heavy atom. The number of methoxy groups -OCH3 is 1. The van der Waals surface area contributed by atoms with Gasteiger partial charge in [-0.05, 0) is 17.7 Å². The van der Waals surface area contributed by atoms with E-state index in [0.717, 1.165) is 19.2 Å². The molecule has 3 rings (SSSR count). The third-order valence-electron chi connectivity index (χ3n) is 5.54. The van der Waals surface area contributed by atoms with E-state index < -0.39 is 71.4 Å². The fraction of sp³-hybridized carbons (Fsp3) is 0.158. The van der Waals surface area contributed by atoms with Crippen LogP contribution in [0.2, 0.25) is 0 Å². The molecule has 2 aromatic rings. The van der Waals surface area contributed by atoms with Crippen LogP contribution in [-0.2, 0) is 38.6 Å². The number of ether oxygens (including phenoxy) is 2. The molecular formula is C19H8B8FNO7S. The molecule has 0 spiro atoms. The van der Waals surface area contributed by atoms with E-state index in [1.165, 1.54) is 0 Å². The van der Waals surface area contributed by atoms with Gasteiger partial charge < -0.3 is 19.4 Å².